The van der Waals surface area contributed by atoms with Gasteiger partial charge >= 0.3 is 5.97 Å². The first-order chi connectivity index (χ1) is 24.4. The van der Waals surface area contributed by atoms with Gasteiger partial charge < -0.3 is 14.0 Å². The number of benzene rings is 3. The Morgan fingerprint density at radius 1 is 1.18 bits per heavy atom. The van der Waals surface area contributed by atoms with Gasteiger partial charge in [0, 0.05) is 44.2 Å². The molecule has 2 aromatic heterocycles. The number of ether oxygens (including phenoxy) is 2. The van der Waals surface area contributed by atoms with Crippen LogP contribution in [0.2, 0.25) is 5.02 Å². The Bertz CT molecular complexity index is 2420. The van der Waals surface area contributed by atoms with Crippen LogP contribution in [0.1, 0.15) is 44.9 Å². The van der Waals surface area contributed by atoms with E-state index in [-0.39, 0.29) is 15.8 Å². The molecule has 1 atom stereocenters. The lowest BCUT2D eigenvalue weighted by atomic mass is 9.95. The molecule has 3 heterocycles. The Kier molecular flexibility index (Phi) is 10.6. The fraction of sp³-hybridized carbons (Fsp3) is 0.229. The Hall–Kier alpha value is -4.57. The number of esters is 1. The molecule has 0 amide bonds. The van der Waals surface area contributed by atoms with Crippen LogP contribution in [-0.2, 0) is 16.1 Å². The SMILES string of the molecule is CCn1c(Sc2ccc([N+](=O)[O-])cc2/C=c2\sc3n(c2=O)[C@H](c2cc(Br)ccc2OC)C(C(=O)OC(C)C)=C(C)N=3)nnc1-c1cccc(Cl)c1. The number of nitro benzene ring substituents is 1. The predicted octanol–water partition coefficient (Wildman–Crippen LogP) is 6.95. The van der Waals surface area contributed by atoms with Crippen molar-refractivity contribution in [3.05, 3.63) is 122 Å². The third kappa shape index (κ3) is 7.29. The van der Waals surface area contributed by atoms with Crippen LogP contribution in [0.4, 0.5) is 5.69 Å². The van der Waals surface area contributed by atoms with E-state index in [1.54, 1.807) is 63.2 Å². The molecule has 3 aromatic carbocycles. The molecular weight excluding hydrogens is 780 g/mol. The normalized spacial score (nSPS) is 14.4. The number of thiazole rings is 1. The van der Waals surface area contributed by atoms with Crippen molar-refractivity contribution in [2.75, 3.05) is 7.11 Å². The van der Waals surface area contributed by atoms with Crippen molar-refractivity contribution in [3.63, 3.8) is 0 Å². The van der Waals surface area contributed by atoms with Crippen LogP contribution in [0, 0.1) is 10.1 Å². The van der Waals surface area contributed by atoms with Crippen LogP contribution >= 0.6 is 50.6 Å². The summed E-state index contributed by atoms with van der Waals surface area (Å²) in [6.45, 7) is 7.68. The highest BCUT2D eigenvalue weighted by Crippen LogP contribution is 2.38. The van der Waals surface area contributed by atoms with Crippen molar-refractivity contribution in [3.8, 4) is 17.1 Å². The third-order valence-electron chi connectivity index (χ3n) is 7.88. The maximum Gasteiger partial charge on any atom is 0.338 e. The molecule has 0 spiro atoms. The summed E-state index contributed by atoms with van der Waals surface area (Å²) < 4.78 is 15.6. The topological polar surface area (TPSA) is 144 Å². The van der Waals surface area contributed by atoms with Crippen molar-refractivity contribution in [2.45, 2.75) is 56.4 Å². The highest BCUT2D eigenvalue weighted by atomic mass is 79.9. The molecule has 5 aromatic rings. The standard InChI is InChI=1S/C35H30BrClN6O6S2/c1-6-41-31(20-8-7-9-23(37)14-20)39-40-35(41)50-27-13-11-24(43(46)47)15-21(27)16-28-32(44)42-30(25-17-22(36)10-12-26(25)48-5)29(33(45)49-18(2)3)19(4)38-34(42)51-28/h7-18,30H,6H2,1-5H3/b28-16-/t30-/m1/s1. The zero-order valence-corrected chi connectivity index (χ0v) is 31.9. The molecule has 16 heteroatoms. The molecule has 51 heavy (non-hydrogen) atoms. The molecule has 0 N–H and O–H groups in total. The number of hydrogen-bond acceptors (Lipinski definition) is 11. The molecule has 1 aliphatic rings. The maximum atomic E-state index is 14.4. The van der Waals surface area contributed by atoms with Crippen molar-refractivity contribution < 1.29 is 19.2 Å². The number of non-ortho nitro benzene ring substituents is 1. The van der Waals surface area contributed by atoms with Crippen molar-refractivity contribution in [1.82, 2.24) is 19.3 Å². The number of carbonyl (C=O) groups excluding carboxylic acids is 1. The number of methoxy groups -OCH3 is 1. The summed E-state index contributed by atoms with van der Waals surface area (Å²) in [4.78, 5) is 45.0. The van der Waals surface area contributed by atoms with Crippen LogP contribution in [0.15, 0.2) is 96.2 Å². The van der Waals surface area contributed by atoms with Crippen LogP contribution in [-0.4, -0.2) is 43.4 Å². The fourth-order valence-electron chi connectivity index (χ4n) is 5.66. The van der Waals surface area contributed by atoms with Crippen LogP contribution < -0.4 is 19.6 Å². The Morgan fingerprint density at radius 3 is 2.65 bits per heavy atom. The van der Waals surface area contributed by atoms with Gasteiger partial charge in [0.15, 0.2) is 15.8 Å². The van der Waals surface area contributed by atoms with E-state index in [1.807, 2.05) is 23.6 Å². The van der Waals surface area contributed by atoms with Crippen molar-refractivity contribution in [2.24, 2.45) is 4.99 Å². The molecule has 0 fully saturated rings. The molecule has 262 valence electrons. The second-order valence-corrected chi connectivity index (χ2v) is 14.9. The molecule has 12 nitrogen and oxygen atoms in total. The van der Waals surface area contributed by atoms with Crippen LogP contribution in [0.25, 0.3) is 17.5 Å². The van der Waals surface area contributed by atoms with Crippen molar-refractivity contribution in [1.29, 1.82) is 0 Å². The molecule has 0 saturated carbocycles. The number of allylic oxidation sites excluding steroid dienone is 1. The molecule has 6 rings (SSSR count). The molecule has 1 aliphatic heterocycles. The minimum atomic E-state index is -0.936. The number of rotatable bonds is 10. The second-order valence-electron chi connectivity index (χ2n) is 11.6. The Labute approximate surface area is 313 Å². The largest absolute Gasteiger partial charge is 0.496 e. The Balaban J connectivity index is 1.52. The number of carbonyl (C=O) groups is 1. The lowest BCUT2D eigenvalue weighted by Crippen LogP contribution is -2.40. The molecular formula is C35H30BrClN6O6S2. The van der Waals surface area contributed by atoms with Gasteiger partial charge in [-0.25, -0.2) is 9.79 Å². The van der Waals surface area contributed by atoms with E-state index < -0.39 is 28.6 Å². The average molecular weight is 810 g/mol. The molecule has 0 radical (unpaired) electrons. The van der Waals surface area contributed by atoms with Gasteiger partial charge in [-0.3, -0.25) is 19.5 Å². The van der Waals surface area contributed by atoms with Gasteiger partial charge in [0.25, 0.3) is 11.2 Å². The smallest absolute Gasteiger partial charge is 0.338 e. The lowest BCUT2D eigenvalue weighted by molar-refractivity contribution is -0.384. The van der Waals surface area contributed by atoms with Gasteiger partial charge in [0.2, 0.25) is 0 Å². The summed E-state index contributed by atoms with van der Waals surface area (Å²) in [5.74, 6) is 0.461. The van der Waals surface area contributed by atoms with E-state index in [1.165, 1.54) is 35.6 Å². The monoisotopic (exact) mass is 808 g/mol. The van der Waals surface area contributed by atoms with Gasteiger partial charge in [-0.15, -0.1) is 10.2 Å². The average Bonchev–Trinajstić information content (AvgIpc) is 3.63. The number of nitro groups is 1. The van der Waals surface area contributed by atoms with E-state index in [0.29, 0.717) is 59.3 Å². The van der Waals surface area contributed by atoms with Gasteiger partial charge in [-0.2, -0.15) is 0 Å². The highest BCUT2D eigenvalue weighted by Gasteiger charge is 2.35. The van der Waals surface area contributed by atoms with Gasteiger partial charge in [0.1, 0.15) is 11.8 Å². The first-order valence-electron chi connectivity index (χ1n) is 15.6. The summed E-state index contributed by atoms with van der Waals surface area (Å²) in [5, 5.41) is 21.8. The number of hydrogen-bond donors (Lipinski definition) is 0. The van der Waals surface area contributed by atoms with E-state index in [4.69, 9.17) is 21.1 Å². The fourth-order valence-corrected chi connectivity index (χ4v) is 8.24. The molecule has 0 aliphatic carbocycles. The summed E-state index contributed by atoms with van der Waals surface area (Å²) in [5.41, 5.74) is 1.74. The molecule has 0 unspecified atom stereocenters. The third-order valence-corrected chi connectivity index (χ3v) is 10.7. The summed E-state index contributed by atoms with van der Waals surface area (Å²) in [6.07, 6.45) is 1.18. The summed E-state index contributed by atoms with van der Waals surface area (Å²) in [6, 6.07) is 16.1. The lowest BCUT2D eigenvalue weighted by Gasteiger charge is -2.26. The highest BCUT2D eigenvalue weighted by molar-refractivity contribution is 9.10. The van der Waals surface area contributed by atoms with Crippen molar-refractivity contribution >= 4 is 68.4 Å². The van der Waals surface area contributed by atoms with Crippen LogP contribution in [0.5, 0.6) is 5.75 Å². The zero-order valence-electron chi connectivity index (χ0n) is 27.9. The number of halogens is 2. The first kappa shape index (κ1) is 36.2. The minimum absolute atomic E-state index is 0.152. The number of nitrogens with zero attached hydrogens (tertiary/aromatic N) is 6. The van der Waals surface area contributed by atoms with E-state index in [0.717, 1.165) is 16.9 Å². The zero-order chi connectivity index (χ0) is 36.6. The second kappa shape index (κ2) is 15.0. The van der Waals surface area contributed by atoms with Gasteiger partial charge in [-0.05, 0) is 87.5 Å². The summed E-state index contributed by atoms with van der Waals surface area (Å²) in [7, 11) is 1.51. The molecule has 0 saturated heterocycles. The number of fused-ring (bicyclic) bond motifs is 1. The van der Waals surface area contributed by atoms with Crippen LogP contribution in [0.3, 0.4) is 0 Å². The number of aromatic nitrogens is 4. The maximum absolute atomic E-state index is 14.4. The summed E-state index contributed by atoms with van der Waals surface area (Å²) >= 11 is 12.1. The predicted molar refractivity (Wildman–Crippen MR) is 199 cm³/mol. The quantitative estimate of drug-likeness (QED) is 0.0832. The van der Waals surface area contributed by atoms with E-state index in [2.05, 4.69) is 31.1 Å². The van der Waals surface area contributed by atoms with Gasteiger partial charge in [0.05, 0.1) is 33.9 Å². The first-order valence-corrected chi connectivity index (χ1v) is 18.4. The Morgan fingerprint density at radius 2 is 1.96 bits per heavy atom. The van der Waals surface area contributed by atoms with E-state index >= 15 is 0 Å². The molecule has 0 bridgehead atoms. The van der Waals surface area contributed by atoms with Gasteiger partial charge in [-0.1, -0.05) is 51.0 Å². The van der Waals surface area contributed by atoms with E-state index in [9.17, 15) is 19.7 Å². The minimum Gasteiger partial charge on any atom is -0.496 e.